The number of benzene rings is 1. The van der Waals surface area contributed by atoms with E-state index in [1.54, 1.807) is 25.7 Å². The molecule has 2 rings (SSSR count). The second-order valence-electron chi connectivity index (χ2n) is 4.13. The molecule has 0 radical (unpaired) electrons. The largest absolute Gasteiger partial charge is 0.495 e. The van der Waals surface area contributed by atoms with Crippen molar-refractivity contribution in [1.29, 1.82) is 5.26 Å². The molecule has 0 saturated heterocycles. The third-order valence-electron chi connectivity index (χ3n) is 2.91. The monoisotopic (exact) mass is 257 g/mol. The van der Waals surface area contributed by atoms with Crippen LogP contribution in [0.3, 0.4) is 0 Å². The predicted molar refractivity (Wildman–Crippen MR) is 69.8 cm³/mol. The van der Waals surface area contributed by atoms with E-state index in [-0.39, 0.29) is 6.61 Å². The van der Waals surface area contributed by atoms with Gasteiger partial charge >= 0.3 is 0 Å². The van der Waals surface area contributed by atoms with Crippen LogP contribution in [0.2, 0.25) is 0 Å². The quantitative estimate of drug-likeness (QED) is 0.877. The molecule has 1 N–H and O–H groups in total. The smallest absolute Gasteiger partial charge is 0.136 e. The lowest BCUT2D eigenvalue weighted by atomic mass is 10.1. The lowest BCUT2D eigenvalue weighted by molar-refractivity contribution is 0.296. The molecule has 0 bridgehead atoms. The minimum Gasteiger partial charge on any atom is -0.495 e. The molecule has 0 aliphatic carbocycles. The average Bonchev–Trinajstić information content (AvgIpc) is 2.86. The number of imidazole rings is 1. The zero-order valence-corrected chi connectivity index (χ0v) is 10.7. The van der Waals surface area contributed by atoms with Crippen molar-refractivity contribution in [3.63, 3.8) is 0 Å². The zero-order valence-electron chi connectivity index (χ0n) is 10.7. The maximum Gasteiger partial charge on any atom is 0.136 e. The highest BCUT2D eigenvalue weighted by Gasteiger charge is 2.06. The summed E-state index contributed by atoms with van der Waals surface area (Å²) in [6, 6.07) is 7.58. The second-order valence-corrected chi connectivity index (χ2v) is 4.13. The van der Waals surface area contributed by atoms with E-state index < -0.39 is 0 Å². The Bertz CT molecular complexity index is 599. The van der Waals surface area contributed by atoms with Gasteiger partial charge in [0.2, 0.25) is 0 Å². The van der Waals surface area contributed by atoms with Crippen LogP contribution in [-0.4, -0.2) is 28.4 Å². The fraction of sp³-hybridized carbons (Fsp3) is 0.286. The van der Waals surface area contributed by atoms with E-state index in [1.807, 2.05) is 16.7 Å². The van der Waals surface area contributed by atoms with E-state index in [0.29, 0.717) is 24.3 Å². The van der Waals surface area contributed by atoms with Crippen molar-refractivity contribution in [2.24, 2.45) is 0 Å². The highest BCUT2D eigenvalue weighted by atomic mass is 16.5. The van der Waals surface area contributed by atoms with Gasteiger partial charge in [0, 0.05) is 31.5 Å². The number of rotatable bonds is 5. The van der Waals surface area contributed by atoms with Crippen LogP contribution in [-0.2, 0) is 13.0 Å². The van der Waals surface area contributed by atoms with E-state index in [4.69, 9.17) is 15.1 Å². The summed E-state index contributed by atoms with van der Waals surface area (Å²) < 4.78 is 7.16. The lowest BCUT2D eigenvalue weighted by Gasteiger charge is -2.09. The van der Waals surface area contributed by atoms with Crippen molar-refractivity contribution in [2.75, 3.05) is 13.7 Å². The van der Waals surface area contributed by atoms with Crippen LogP contribution in [0, 0.1) is 11.3 Å². The summed E-state index contributed by atoms with van der Waals surface area (Å²) in [6.07, 6.45) is 4.06. The number of aromatic nitrogens is 2. The van der Waals surface area contributed by atoms with E-state index >= 15 is 0 Å². The molecular formula is C14H15N3O2. The molecule has 1 aromatic heterocycles. The summed E-state index contributed by atoms with van der Waals surface area (Å²) in [6.45, 7) is 0.736. The number of hydrogen-bond donors (Lipinski definition) is 1. The van der Waals surface area contributed by atoms with E-state index in [1.165, 1.54) is 0 Å². The number of methoxy groups -OCH3 is 1. The van der Waals surface area contributed by atoms with Gasteiger partial charge in [-0.25, -0.2) is 4.98 Å². The molecule has 0 amide bonds. The molecule has 1 aromatic carbocycles. The van der Waals surface area contributed by atoms with Crippen molar-refractivity contribution >= 4 is 0 Å². The maximum absolute atomic E-state index is 8.98. The van der Waals surface area contributed by atoms with Gasteiger partial charge in [0.15, 0.2) is 0 Å². The van der Waals surface area contributed by atoms with Crippen LogP contribution in [0.4, 0.5) is 0 Å². The average molecular weight is 257 g/mol. The van der Waals surface area contributed by atoms with Crippen molar-refractivity contribution in [3.8, 4) is 11.8 Å². The van der Waals surface area contributed by atoms with Crippen molar-refractivity contribution in [2.45, 2.75) is 13.0 Å². The van der Waals surface area contributed by atoms with E-state index in [9.17, 15) is 0 Å². The molecule has 98 valence electrons. The van der Waals surface area contributed by atoms with Gasteiger partial charge in [0.1, 0.15) is 11.8 Å². The summed E-state index contributed by atoms with van der Waals surface area (Å²) >= 11 is 0. The Morgan fingerprint density at radius 1 is 1.47 bits per heavy atom. The summed E-state index contributed by atoms with van der Waals surface area (Å²) in [5.74, 6) is 0.573. The molecule has 5 heteroatoms. The number of aliphatic hydroxyl groups is 1. The minimum atomic E-state index is 0.0996. The highest BCUT2D eigenvalue weighted by Crippen LogP contribution is 2.20. The fourth-order valence-corrected chi connectivity index (χ4v) is 1.94. The zero-order chi connectivity index (χ0) is 13.7. The van der Waals surface area contributed by atoms with Crippen LogP contribution >= 0.6 is 0 Å². The van der Waals surface area contributed by atoms with Gasteiger partial charge in [-0.15, -0.1) is 0 Å². The maximum atomic E-state index is 8.98. The van der Waals surface area contributed by atoms with Crippen LogP contribution < -0.4 is 4.74 Å². The number of aliphatic hydroxyl groups excluding tert-OH is 1. The molecule has 0 spiro atoms. The van der Waals surface area contributed by atoms with E-state index in [0.717, 1.165) is 11.3 Å². The van der Waals surface area contributed by atoms with Crippen molar-refractivity contribution < 1.29 is 9.84 Å². The van der Waals surface area contributed by atoms with Gasteiger partial charge in [0.25, 0.3) is 0 Å². The summed E-state index contributed by atoms with van der Waals surface area (Å²) in [4.78, 5) is 4.08. The van der Waals surface area contributed by atoms with Crippen LogP contribution in [0.1, 0.15) is 16.8 Å². The second kappa shape index (κ2) is 6.03. The Labute approximate surface area is 111 Å². The first-order chi connectivity index (χ1) is 9.28. The molecule has 0 atom stereocenters. The molecule has 0 saturated carbocycles. The van der Waals surface area contributed by atoms with Gasteiger partial charge in [-0.3, -0.25) is 0 Å². The number of ether oxygens (including phenoxy) is 1. The molecule has 0 aliphatic rings. The molecule has 19 heavy (non-hydrogen) atoms. The van der Waals surface area contributed by atoms with Gasteiger partial charge in [-0.1, -0.05) is 6.07 Å². The number of hydrogen-bond acceptors (Lipinski definition) is 4. The molecule has 0 unspecified atom stereocenters. The topological polar surface area (TPSA) is 71.1 Å². The Balaban J connectivity index is 2.24. The Hall–Kier alpha value is -2.32. The van der Waals surface area contributed by atoms with Crippen molar-refractivity contribution in [1.82, 2.24) is 9.55 Å². The first kappa shape index (κ1) is 13.1. The molecule has 1 heterocycles. The first-order valence-corrected chi connectivity index (χ1v) is 5.95. The van der Waals surface area contributed by atoms with Gasteiger partial charge in [-0.2, -0.15) is 5.26 Å². The molecule has 0 aliphatic heterocycles. The Kier molecular flexibility index (Phi) is 4.16. The Morgan fingerprint density at radius 3 is 3.00 bits per heavy atom. The van der Waals surface area contributed by atoms with Crippen LogP contribution in [0.5, 0.6) is 5.75 Å². The molecule has 5 nitrogen and oxygen atoms in total. The first-order valence-electron chi connectivity index (χ1n) is 5.95. The predicted octanol–water partition coefficient (Wildman–Crippen LogP) is 1.35. The number of nitrogens with zero attached hydrogens (tertiary/aromatic N) is 3. The normalized spacial score (nSPS) is 10.2. The van der Waals surface area contributed by atoms with Gasteiger partial charge in [0.05, 0.1) is 19.0 Å². The summed E-state index contributed by atoms with van der Waals surface area (Å²) in [7, 11) is 1.55. The third-order valence-corrected chi connectivity index (χ3v) is 2.91. The Morgan fingerprint density at radius 2 is 2.32 bits per heavy atom. The number of nitriles is 1. The lowest BCUT2D eigenvalue weighted by Crippen LogP contribution is -2.05. The van der Waals surface area contributed by atoms with Crippen molar-refractivity contribution in [3.05, 3.63) is 47.5 Å². The summed E-state index contributed by atoms with van der Waals surface area (Å²) in [5, 5.41) is 17.9. The van der Waals surface area contributed by atoms with Gasteiger partial charge in [-0.05, 0) is 17.7 Å². The molecule has 0 fully saturated rings. The van der Waals surface area contributed by atoms with Crippen LogP contribution in [0.25, 0.3) is 0 Å². The molecular weight excluding hydrogens is 242 g/mol. The summed E-state index contributed by atoms with van der Waals surface area (Å²) in [5.41, 5.74) is 2.52. The minimum absolute atomic E-state index is 0.0996. The third kappa shape index (κ3) is 2.92. The highest BCUT2D eigenvalue weighted by molar-refractivity contribution is 5.45. The van der Waals surface area contributed by atoms with E-state index in [2.05, 4.69) is 11.1 Å². The SMILES string of the molecule is COc1cc(Cn2cncc2CCO)ccc1C#N. The fourth-order valence-electron chi connectivity index (χ4n) is 1.94. The van der Waals surface area contributed by atoms with Gasteiger partial charge < -0.3 is 14.4 Å². The van der Waals surface area contributed by atoms with Crippen LogP contribution in [0.15, 0.2) is 30.7 Å². The molecule has 2 aromatic rings. The standard InChI is InChI=1S/C14H15N3O2/c1-19-14-6-11(2-3-12(14)7-15)9-17-10-16-8-13(17)4-5-18/h2-3,6,8,10,18H,4-5,9H2,1H3.